The third-order valence-corrected chi connectivity index (χ3v) is 6.35. The lowest BCUT2D eigenvalue weighted by Gasteiger charge is -2.12. The molecule has 1 aromatic rings. The molecule has 3 rings (SSSR count). The van der Waals surface area contributed by atoms with Crippen LogP contribution >= 0.6 is 11.3 Å². The van der Waals surface area contributed by atoms with Crippen LogP contribution in [-0.4, -0.2) is 0 Å². The number of nitriles is 8. The Morgan fingerprint density at radius 3 is 1.05 bits per heavy atom. The van der Waals surface area contributed by atoms with Crippen LogP contribution < -0.4 is 0 Å². The van der Waals surface area contributed by atoms with Crippen molar-refractivity contribution in [2.24, 2.45) is 0 Å². The molecule has 1 heterocycles. The smallest absolute Gasteiger partial charge is 0.139 e. The average molecular weight is 513 g/mol. The number of nitrogens with zero attached hydrogens (tertiary/aromatic N) is 8. The Bertz CT molecular complexity index is 1790. The number of hydrogen-bond donors (Lipinski definition) is 0. The fourth-order valence-electron chi connectivity index (χ4n) is 3.66. The van der Waals surface area contributed by atoms with E-state index < -0.39 is 11.1 Å². The van der Waals surface area contributed by atoms with Crippen molar-refractivity contribution >= 4 is 22.5 Å². The van der Waals surface area contributed by atoms with Crippen LogP contribution in [0.15, 0.2) is 105 Å². The fourth-order valence-corrected chi connectivity index (χ4v) is 4.78. The van der Waals surface area contributed by atoms with Crippen molar-refractivity contribution in [3.05, 3.63) is 114 Å². The minimum absolute atomic E-state index is 0.0118. The summed E-state index contributed by atoms with van der Waals surface area (Å²) in [5.74, 6) is 0. The Hall–Kier alpha value is -6.90. The molecule has 8 nitrogen and oxygen atoms in total. The normalized spacial score (nSPS) is 11.0. The quantitative estimate of drug-likeness (QED) is 0.277. The molecule has 0 aromatic carbocycles. The average Bonchev–Trinajstić information content (AvgIpc) is 3.76. The van der Waals surface area contributed by atoms with E-state index in [0.717, 1.165) is 11.3 Å². The lowest BCUT2D eigenvalue weighted by atomic mass is 9.89. The van der Waals surface area contributed by atoms with E-state index in [2.05, 4.69) is 11.5 Å². The summed E-state index contributed by atoms with van der Waals surface area (Å²) in [5.41, 5.74) is 4.86. The summed E-state index contributed by atoms with van der Waals surface area (Å²) in [6, 6.07) is 17.4. The van der Waals surface area contributed by atoms with Crippen molar-refractivity contribution < 1.29 is 0 Å². The maximum Gasteiger partial charge on any atom is 0.139 e. The van der Waals surface area contributed by atoms with Gasteiger partial charge in [0.25, 0.3) is 0 Å². The molecule has 0 radical (unpaired) electrons. The standard InChI is InChI=1S/C30H8N8S/c31-11-21(12-32)27(19-5-1-2-6-19)29(23(15-35)16-36)25-9-10-26(39-25)30(24(17-37)18-38)28(22(13-33)14-34)20-7-3-4-8-20/h1-5,7,9-10H. The molecule has 0 saturated carbocycles. The van der Waals surface area contributed by atoms with Crippen molar-refractivity contribution in [3.8, 4) is 48.6 Å². The first-order valence-corrected chi connectivity index (χ1v) is 11.4. The van der Waals surface area contributed by atoms with Crippen molar-refractivity contribution in [2.75, 3.05) is 0 Å². The highest BCUT2D eigenvalue weighted by Gasteiger charge is 2.27. The van der Waals surface area contributed by atoms with Gasteiger partial charge in [0.2, 0.25) is 0 Å². The molecule has 9 heteroatoms. The number of hydrogen-bond acceptors (Lipinski definition) is 9. The molecule has 0 saturated heterocycles. The van der Waals surface area contributed by atoms with Gasteiger partial charge in [-0.25, -0.2) is 0 Å². The van der Waals surface area contributed by atoms with Crippen LogP contribution in [0.2, 0.25) is 0 Å². The van der Waals surface area contributed by atoms with Crippen LogP contribution in [-0.2, 0) is 0 Å². The molecule has 0 spiro atoms. The highest BCUT2D eigenvalue weighted by Crippen LogP contribution is 2.43. The minimum Gasteiger partial charge on any atom is -0.192 e. The summed E-state index contributed by atoms with van der Waals surface area (Å²) >= 11 is 0.941. The van der Waals surface area contributed by atoms with Crippen LogP contribution in [0.3, 0.4) is 0 Å². The molecule has 0 aliphatic heterocycles. The van der Waals surface area contributed by atoms with Gasteiger partial charge in [-0.15, -0.1) is 22.8 Å². The summed E-state index contributed by atoms with van der Waals surface area (Å²) in [6.07, 6.45) is 9.45. The zero-order valence-electron chi connectivity index (χ0n) is 19.6. The van der Waals surface area contributed by atoms with Crippen molar-refractivity contribution in [1.82, 2.24) is 0 Å². The minimum atomic E-state index is -0.391. The first-order chi connectivity index (χ1) is 19.0. The highest BCUT2D eigenvalue weighted by molar-refractivity contribution is 7.14. The molecule has 2 aliphatic rings. The monoisotopic (exact) mass is 512 g/mol. The first kappa shape index (κ1) is 26.7. The summed E-state index contributed by atoms with van der Waals surface area (Å²) in [7, 11) is 0. The van der Waals surface area contributed by atoms with Crippen LogP contribution in [0.4, 0.5) is 0 Å². The van der Waals surface area contributed by atoms with Gasteiger partial charge in [-0.1, -0.05) is 12.2 Å². The second-order valence-corrected chi connectivity index (χ2v) is 8.31. The van der Waals surface area contributed by atoms with E-state index >= 15 is 0 Å². The predicted octanol–water partition coefficient (Wildman–Crippen LogP) is 5.34. The molecule has 39 heavy (non-hydrogen) atoms. The highest BCUT2D eigenvalue weighted by atomic mass is 32.1. The van der Waals surface area contributed by atoms with E-state index in [9.17, 15) is 42.1 Å². The molecule has 0 atom stereocenters. The van der Waals surface area contributed by atoms with Gasteiger partial charge in [-0.05, 0) is 36.4 Å². The van der Waals surface area contributed by atoms with Crippen LogP contribution in [0.1, 0.15) is 9.75 Å². The molecule has 1 aromatic heterocycles. The van der Waals surface area contributed by atoms with E-state index in [0.29, 0.717) is 11.1 Å². The Labute approximate surface area is 227 Å². The van der Waals surface area contributed by atoms with E-state index in [4.69, 9.17) is 0 Å². The summed E-state index contributed by atoms with van der Waals surface area (Å²) in [6.45, 7) is 0. The lowest BCUT2D eigenvalue weighted by Crippen LogP contribution is -1.99. The molecular weight excluding hydrogens is 504 g/mol. The largest absolute Gasteiger partial charge is 0.192 e. The van der Waals surface area contributed by atoms with Crippen molar-refractivity contribution in [1.29, 1.82) is 42.1 Å². The van der Waals surface area contributed by atoms with Crippen LogP contribution in [0, 0.1) is 90.6 Å². The van der Waals surface area contributed by atoms with Gasteiger partial charge in [0, 0.05) is 43.2 Å². The molecule has 0 fully saturated rings. The second kappa shape index (κ2) is 12.2. The van der Waals surface area contributed by atoms with Gasteiger partial charge in [-0.2, -0.15) is 42.1 Å². The fraction of sp³-hybridized carbons (Fsp3) is 0. The van der Waals surface area contributed by atoms with E-state index in [1.165, 1.54) is 12.1 Å². The molecule has 174 valence electrons. The zero-order valence-corrected chi connectivity index (χ0v) is 20.4. The van der Waals surface area contributed by atoms with Gasteiger partial charge in [-0.3, -0.25) is 0 Å². The van der Waals surface area contributed by atoms with Gasteiger partial charge in [0.05, 0.1) is 0 Å². The maximum absolute atomic E-state index is 9.76. The third kappa shape index (κ3) is 5.07. The topological polar surface area (TPSA) is 190 Å². The van der Waals surface area contributed by atoms with Crippen LogP contribution in [0.5, 0.6) is 0 Å². The van der Waals surface area contributed by atoms with Gasteiger partial charge in [0.15, 0.2) is 0 Å². The van der Waals surface area contributed by atoms with E-state index in [1.807, 2.05) is 0 Å². The Balaban J connectivity index is 2.46. The van der Waals surface area contributed by atoms with Gasteiger partial charge < -0.3 is 0 Å². The van der Waals surface area contributed by atoms with Gasteiger partial charge in [0.1, 0.15) is 70.8 Å². The molecule has 0 unspecified atom stereocenters. The molecular formula is C30H8N8S. The van der Waals surface area contributed by atoms with Crippen LogP contribution in [0.25, 0.3) is 11.1 Å². The number of allylic oxidation sites excluding steroid dienone is 14. The molecule has 2 aliphatic carbocycles. The SMILES string of the molecule is N#CC(C#N)=C(C1=C=CC=C1)C(=C(C#N)C#N)c1ccc(C(=C(C#N)C#N)C(C2=C=CC=C2)=C(C#N)C#N)s1. The molecule has 0 N–H and O–H groups in total. The Morgan fingerprint density at radius 2 is 0.795 bits per heavy atom. The predicted molar refractivity (Wildman–Crippen MR) is 139 cm³/mol. The van der Waals surface area contributed by atoms with E-state index in [-0.39, 0.29) is 43.2 Å². The molecule has 0 bridgehead atoms. The summed E-state index contributed by atoms with van der Waals surface area (Å²) in [5, 5.41) is 77.7. The second-order valence-electron chi connectivity index (χ2n) is 7.23. The third-order valence-electron chi connectivity index (χ3n) is 5.23. The zero-order chi connectivity index (χ0) is 28.4. The number of thiophene rings is 1. The summed E-state index contributed by atoms with van der Waals surface area (Å²) < 4.78 is 0. The van der Waals surface area contributed by atoms with E-state index in [1.54, 1.807) is 85.0 Å². The number of rotatable bonds is 6. The first-order valence-electron chi connectivity index (χ1n) is 10.6. The summed E-state index contributed by atoms with van der Waals surface area (Å²) in [4.78, 5) is 0.509. The maximum atomic E-state index is 9.76. The van der Waals surface area contributed by atoms with Gasteiger partial charge >= 0.3 is 0 Å². The Morgan fingerprint density at radius 1 is 0.487 bits per heavy atom. The lowest BCUT2D eigenvalue weighted by molar-refractivity contribution is 1.41. The van der Waals surface area contributed by atoms with Crippen molar-refractivity contribution in [3.63, 3.8) is 0 Å². The molecule has 0 amide bonds. The Kier molecular flexibility index (Phi) is 8.34. The van der Waals surface area contributed by atoms with Crippen molar-refractivity contribution in [2.45, 2.75) is 0 Å².